The molecule has 2 nitrogen and oxygen atoms in total. The number of halogens is 1. The highest BCUT2D eigenvalue weighted by Crippen LogP contribution is 2.11. The van der Waals surface area contributed by atoms with E-state index in [0.717, 1.165) is 11.0 Å². The smallest absolute Gasteiger partial charge is 0.0599 e. The summed E-state index contributed by atoms with van der Waals surface area (Å²) in [5.41, 5.74) is 0. The average molecular weight is 269 g/mol. The minimum atomic E-state index is 0.543. The van der Waals surface area contributed by atoms with Crippen molar-refractivity contribution in [2.75, 3.05) is 31.2 Å². The predicted octanol–water partition coefficient (Wildman–Crippen LogP) is 1.53. The second kappa shape index (κ2) is 5.32. The molecule has 3 heteroatoms. The Labute approximate surface area is 82.4 Å². The van der Waals surface area contributed by atoms with E-state index in [0.29, 0.717) is 6.10 Å². The van der Waals surface area contributed by atoms with Crippen molar-refractivity contribution in [3.05, 3.63) is 0 Å². The Bertz CT molecular complexity index is 99.5. The molecular weight excluding hydrogens is 253 g/mol. The van der Waals surface area contributed by atoms with Crippen molar-refractivity contribution in [1.29, 1.82) is 0 Å². The number of ether oxygens (including phenoxy) is 1. The van der Waals surface area contributed by atoms with Crippen LogP contribution in [0.5, 0.6) is 0 Å². The van der Waals surface area contributed by atoms with Gasteiger partial charge in [-0.3, -0.25) is 0 Å². The van der Waals surface area contributed by atoms with E-state index in [-0.39, 0.29) is 0 Å². The minimum absolute atomic E-state index is 0.543. The third-order valence-electron chi connectivity index (χ3n) is 2.10. The first kappa shape index (κ1) is 9.74. The fourth-order valence-corrected chi connectivity index (χ4v) is 1.62. The molecule has 1 saturated heterocycles. The molecule has 1 fully saturated rings. The number of alkyl halides is 1. The van der Waals surface area contributed by atoms with Crippen molar-refractivity contribution in [2.45, 2.75) is 18.9 Å². The van der Waals surface area contributed by atoms with Crippen molar-refractivity contribution < 1.29 is 4.74 Å². The van der Waals surface area contributed by atoms with E-state index in [1.807, 2.05) is 0 Å². The summed E-state index contributed by atoms with van der Waals surface area (Å²) in [5, 5.41) is 0. The normalized spacial score (nSPS) is 22.4. The largest absolute Gasteiger partial charge is 0.377 e. The van der Waals surface area contributed by atoms with Crippen LogP contribution in [0.1, 0.15) is 12.8 Å². The zero-order valence-corrected chi connectivity index (χ0v) is 9.21. The molecule has 0 aromatic carbocycles. The predicted molar refractivity (Wildman–Crippen MR) is 55.4 cm³/mol. The van der Waals surface area contributed by atoms with E-state index in [1.54, 1.807) is 0 Å². The third-order valence-corrected chi connectivity index (χ3v) is 2.54. The second-order valence-electron chi connectivity index (χ2n) is 3.06. The number of nitrogens with zero attached hydrogens (tertiary/aromatic N) is 1. The molecule has 0 amide bonds. The molecule has 0 radical (unpaired) electrons. The van der Waals surface area contributed by atoms with Gasteiger partial charge in [0.15, 0.2) is 0 Å². The number of piperidine rings is 1. The Morgan fingerprint density at radius 2 is 2.09 bits per heavy atom. The first-order chi connectivity index (χ1) is 5.33. The Hall–Kier alpha value is 0.650. The van der Waals surface area contributed by atoms with Gasteiger partial charge >= 0.3 is 0 Å². The van der Waals surface area contributed by atoms with Crippen molar-refractivity contribution in [3.8, 4) is 0 Å². The Balaban J connectivity index is 2.07. The molecular formula is C8H16INO. The van der Waals surface area contributed by atoms with Crippen LogP contribution in [-0.2, 0) is 4.74 Å². The van der Waals surface area contributed by atoms with Crippen LogP contribution in [0.2, 0.25) is 0 Å². The number of hydrogen-bond donors (Lipinski definition) is 0. The number of likely N-dealkylation sites (tertiary alicyclic amines) is 1. The minimum Gasteiger partial charge on any atom is -0.377 e. The maximum Gasteiger partial charge on any atom is 0.0599 e. The van der Waals surface area contributed by atoms with Crippen molar-refractivity contribution >= 4 is 22.6 Å². The van der Waals surface area contributed by atoms with E-state index in [4.69, 9.17) is 4.74 Å². The molecule has 0 bridgehead atoms. The van der Waals surface area contributed by atoms with E-state index in [9.17, 15) is 0 Å². The summed E-state index contributed by atoms with van der Waals surface area (Å²) in [4.78, 5) is 2.36. The molecule has 66 valence electrons. The highest BCUT2D eigenvalue weighted by molar-refractivity contribution is 14.1. The molecule has 0 unspecified atom stereocenters. The molecule has 1 aliphatic rings. The molecule has 1 rings (SSSR count). The standard InChI is InChI=1S/C8H16INO/c1-10-5-2-8(3-6-10)11-7-4-9/h8H,2-7H2,1H3. The summed E-state index contributed by atoms with van der Waals surface area (Å²) >= 11 is 2.35. The van der Waals surface area contributed by atoms with Crippen LogP contribution in [0.25, 0.3) is 0 Å². The SMILES string of the molecule is CN1CCC(OCCI)CC1. The monoisotopic (exact) mass is 269 g/mol. The molecule has 0 aromatic heterocycles. The Morgan fingerprint density at radius 3 is 2.64 bits per heavy atom. The summed E-state index contributed by atoms with van der Waals surface area (Å²) < 4.78 is 6.76. The zero-order valence-electron chi connectivity index (χ0n) is 7.05. The Morgan fingerprint density at radius 1 is 1.45 bits per heavy atom. The van der Waals surface area contributed by atoms with Crippen LogP contribution >= 0.6 is 22.6 Å². The topological polar surface area (TPSA) is 12.5 Å². The van der Waals surface area contributed by atoms with Gasteiger partial charge in [-0.05, 0) is 19.9 Å². The van der Waals surface area contributed by atoms with Gasteiger partial charge in [0, 0.05) is 17.5 Å². The molecule has 11 heavy (non-hydrogen) atoms. The number of hydrogen-bond acceptors (Lipinski definition) is 2. The van der Waals surface area contributed by atoms with Gasteiger partial charge in [-0.15, -0.1) is 0 Å². The van der Waals surface area contributed by atoms with Gasteiger partial charge in [0.2, 0.25) is 0 Å². The van der Waals surface area contributed by atoms with Gasteiger partial charge in [0.25, 0.3) is 0 Å². The molecule has 0 saturated carbocycles. The summed E-state index contributed by atoms with van der Waals surface area (Å²) in [5.74, 6) is 0. The summed E-state index contributed by atoms with van der Waals surface area (Å²) in [6.45, 7) is 3.33. The van der Waals surface area contributed by atoms with E-state index >= 15 is 0 Å². The lowest BCUT2D eigenvalue weighted by atomic mass is 10.1. The van der Waals surface area contributed by atoms with E-state index in [1.165, 1.54) is 25.9 Å². The fourth-order valence-electron chi connectivity index (χ4n) is 1.36. The fraction of sp³-hybridized carbons (Fsp3) is 1.00. The van der Waals surface area contributed by atoms with Gasteiger partial charge in [-0.1, -0.05) is 22.6 Å². The average Bonchev–Trinajstić information content (AvgIpc) is 2.04. The highest BCUT2D eigenvalue weighted by atomic mass is 127. The van der Waals surface area contributed by atoms with Crippen molar-refractivity contribution in [2.24, 2.45) is 0 Å². The first-order valence-electron chi connectivity index (χ1n) is 4.19. The summed E-state index contributed by atoms with van der Waals surface area (Å²) in [7, 11) is 2.18. The Kier molecular flexibility index (Phi) is 4.71. The maximum atomic E-state index is 5.65. The van der Waals surface area contributed by atoms with Gasteiger partial charge in [-0.25, -0.2) is 0 Å². The van der Waals surface area contributed by atoms with Gasteiger partial charge in [0.1, 0.15) is 0 Å². The quantitative estimate of drug-likeness (QED) is 0.569. The van der Waals surface area contributed by atoms with Crippen molar-refractivity contribution in [1.82, 2.24) is 4.90 Å². The first-order valence-corrected chi connectivity index (χ1v) is 5.71. The van der Waals surface area contributed by atoms with Crippen LogP contribution in [0, 0.1) is 0 Å². The van der Waals surface area contributed by atoms with Crippen LogP contribution < -0.4 is 0 Å². The molecule has 0 atom stereocenters. The zero-order chi connectivity index (χ0) is 8.10. The lowest BCUT2D eigenvalue weighted by molar-refractivity contribution is 0.0219. The van der Waals surface area contributed by atoms with Crippen LogP contribution in [0.15, 0.2) is 0 Å². The summed E-state index contributed by atoms with van der Waals surface area (Å²) in [6.07, 6.45) is 2.97. The second-order valence-corrected chi connectivity index (χ2v) is 4.14. The molecule has 0 aliphatic carbocycles. The molecule has 1 aliphatic heterocycles. The van der Waals surface area contributed by atoms with Gasteiger partial charge < -0.3 is 9.64 Å². The van der Waals surface area contributed by atoms with E-state index in [2.05, 4.69) is 34.5 Å². The van der Waals surface area contributed by atoms with E-state index < -0.39 is 0 Å². The third kappa shape index (κ3) is 3.71. The molecule has 0 aromatic rings. The van der Waals surface area contributed by atoms with Gasteiger partial charge in [-0.2, -0.15) is 0 Å². The van der Waals surface area contributed by atoms with Crippen molar-refractivity contribution in [3.63, 3.8) is 0 Å². The summed E-state index contributed by atoms with van der Waals surface area (Å²) in [6, 6.07) is 0. The number of rotatable bonds is 3. The van der Waals surface area contributed by atoms with Crippen LogP contribution in [0.4, 0.5) is 0 Å². The lowest BCUT2D eigenvalue weighted by Crippen LogP contribution is -2.34. The van der Waals surface area contributed by atoms with Crippen LogP contribution in [0.3, 0.4) is 0 Å². The van der Waals surface area contributed by atoms with Gasteiger partial charge in [0.05, 0.1) is 12.7 Å². The van der Waals surface area contributed by atoms with Crippen LogP contribution in [-0.4, -0.2) is 42.2 Å². The molecule has 0 spiro atoms. The highest BCUT2D eigenvalue weighted by Gasteiger charge is 2.15. The molecule has 1 heterocycles. The lowest BCUT2D eigenvalue weighted by Gasteiger charge is -2.28. The molecule has 0 N–H and O–H groups in total. The maximum absolute atomic E-state index is 5.65.